The standard InChI is InChI=1S/C15H22N2O2/c1-3-15(4-2,12-18)11-17-13-6-5-7-14(10-13)19-9-8-16/h5-7,10,17-18H,3-4,9,11-12H2,1-2H3. The van der Waals surface area contributed by atoms with Gasteiger partial charge in [-0.25, -0.2) is 0 Å². The Kier molecular flexibility index (Phi) is 6.17. The molecule has 0 aromatic heterocycles. The fraction of sp³-hybridized carbons (Fsp3) is 0.533. The maximum atomic E-state index is 9.52. The average Bonchev–Trinajstić information content (AvgIpc) is 2.47. The molecule has 0 bridgehead atoms. The number of ether oxygens (including phenoxy) is 1. The molecule has 1 aromatic carbocycles. The minimum Gasteiger partial charge on any atom is -0.479 e. The molecule has 4 heteroatoms. The van der Waals surface area contributed by atoms with Crippen LogP contribution in [-0.2, 0) is 0 Å². The van der Waals surface area contributed by atoms with Crippen molar-refractivity contribution in [2.75, 3.05) is 25.1 Å². The van der Waals surface area contributed by atoms with Crippen molar-refractivity contribution in [1.29, 1.82) is 5.26 Å². The Hall–Kier alpha value is -1.73. The first-order valence-corrected chi connectivity index (χ1v) is 6.64. The summed E-state index contributed by atoms with van der Waals surface area (Å²) in [4.78, 5) is 0. The summed E-state index contributed by atoms with van der Waals surface area (Å²) < 4.78 is 5.26. The van der Waals surface area contributed by atoms with Gasteiger partial charge >= 0.3 is 0 Å². The van der Waals surface area contributed by atoms with E-state index in [1.807, 2.05) is 30.3 Å². The van der Waals surface area contributed by atoms with E-state index < -0.39 is 0 Å². The third-order valence-electron chi connectivity index (χ3n) is 3.64. The van der Waals surface area contributed by atoms with E-state index in [9.17, 15) is 5.11 Å². The topological polar surface area (TPSA) is 65.3 Å². The molecule has 0 aliphatic rings. The molecule has 0 saturated heterocycles. The number of nitriles is 1. The second-order valence-electron chi connectivity index (χ2n) is 4.69. The Labute approximate surface area is 115 Å². The molecule has 19 heavy (non-hydrogen) atoms. The monoisotopic (exact) mass is 262 g/mol. The predicted octanol–water partition coefficient (Wildman–Crippen LogP) is 2.80. The zero-order valence-corrected chi connectivity index (χ0v) is 11.6. The summed E-state index contributed by atoms with van der Waals surface area (Å²) in [6.07, 6.45) is 1.86. The van der Waals surface area contributed by atoms with Gasteiger partial charge in [0.2, 0.25) is 0 Å². The molecular formula is C15H22N2O2. The van der Waals surface area contributed by atoms with Crippen LogP contribution in [0.25, 0.3) is 0 Å². The van der Waals surface area contributed by atoms with Gasteiger partial charge in [-0.1, -0.05) is 19.9 Å². The van der Waals surface area contributed by atoms with Crippen LogP contribution in [0.4, 0.5) is 5.69 Å². The van der Waals surface area contributed by atoms with Gasteiger partial charge in [0.15, 0.2) is 6.61 Å². The largest absolute Gasteiger partial charge is 0.479 e. The summed E-state index contributed by atoms with van der Waals surface area (Å²) in [5, 5.41) is 21.3. The summed E-state index contributed by atoms with van der Waals surface area (Å²) in [5.74, 6) is 0.675. The minimum absolute atomic E-state index is 0.0496. The van der Waals surface area contributed by atoms with Crippen molar-refractivity contribution in [2.24, 2.45) is 5.41 Å². The van der Waals surface area contributed by atoms with E-state index in [1.165, 1.54) is 0 Å². The highest BCUT2D eigenvalue weighted by atomic mass is 16.5. The number of nitrogens with zero attached hydrogens (tertiary/aromatic N) is 1. The van der Waals surface area contributed by atoms with Gasteiger partial charge in [-0.3, -0.25) is 0 Å². The minimum atomic E-state index is -0.0798. The number of aliphatic hydroxyl groups excluding tert-OH is 1. The van der Waals surface area contributed by atoms with Crippen LogP contribution >= 0.6 is 0 Å². The Bertz CT molecular complexity index is 414. The van der Waals surface area contributed by atoms with E-state index in [2.05, 4.69) is 19.2 Å². The molecule has 0 aliphatic carbocycles. The molecule has 1 rings (SSSR count). The summed E-state index contributed by atoms with van der Waals surface area (Å²) in [6.45, 7) is 5.13. The van der Waals surface area contributed by atoms with Crippen molar-refractivity contribution >= 4 is 5.69 Å². The Morgan fingerprint density at radius 2 is 2.11 bits per heavy atom. The molecule has 0 aliphatic heterocycles. The van der Waals surface area contributed by atoms with Gasteiger partial charge in [0, 0.05) is 23.7 Å². The smallest absolute Gasteiger partial charge is 0.174 e. The SMILES string of the molecule is CCC(CC)(CO)CNc1cccc(OCC#N)c1. The Balaban J connectivity index is 2.64. The Morgan fingerprint density at radius 1 is 1.37 bits per heavy atom. The number of aliphatic hydroxyl groups is 1. The lowest BCUT2D eigenvalue weighted by molar-refractivity contribution is 0.127. The van der Waals surface area contributed by atoms with Crippen molar-refractivity contribution in [3.05, 3.63) is 24.3 Å². The molecule has 0 heterocycles. The number of rotatable bonds is 8. The van der Waals surface area contributed by atoms with Crippen LogP contribution in [0.1, 0.15) is 26.7 Å². The van der Waals surface area contributed by atoms with Crippen molar-refractivity contribution in [1.82, 2.24) is 0 Å². The van der Waals surface area contributed by atoms with E-state index in [0.29, 0.717) is 5.75 Å². The van der Waals surface area contributed by atoms with Crippen molar-refractivity contribution in [3.8, 4) is 11.8 Å². The van der Waals surface area contributed by atoms with Gasteiger partial charge in [0.25, 0.3) is 0 Å². The first-order chi connectivity index (χ1) is 9.19. The molecule has 0 atom stereocenters. The van der Waals surface area contributed by atoms with Crippen LogP contribution in [0.3, 0.4) is 0 Å². The number of hydrogen-bond acceptors (Lipinski definition) is 4. The second-order valence-corrected chi connectivity index (χ2v) is 4.69. The fourth-order valence-corrected chi connectivity index (χ4v) is 1.88. The third-order valence-corrected chi connectivity index (χ3v) is 3.64. The lowest BCUT2D eigenvalue weighted by Crippen LogP contribution is -2.32. The molecule has 0 unspecified atom stereocenters. The van der Waals surface area contributed by atoms with Crippen LogP contribution in [-0.4, -0.2) is 24.9 Å². The summed E-state index contributed by atoms with van der Waals surface area (Å²) >= 11 is 0. The highest BCUT2D eigenvalue weighted by molar-refractivity contribution is 5.48. The summed E-state index contributed by atoms with van der Waals surface area (Å²) in [7, 11) is 0. The normalized spacial score (nSPS) is 10.8. The lowest BCUT2D eigenvalue weighted by Gasteiger charge is -2.30. The summed E-state index contributed by atoms with van der Waals surface area (Å²) in [6, 6.07) is 9.46. The Morgan fingerprint density at radius 3 is 2.68 bits per heavy atom. The maximum Gasteiger partial charge on any atom is 0.174 e. The molecule has 0 amide bonds. The molecule has 0 radical (unpaired) electrons. The molecular weight excluding hydrogens is 240 g/mol. The highest BCUT2D eigenvalue weighted by Gasteiger charge is 2.24. The quantitative estimate of drug-likeness (QED) is 0.756. The summed E-state index contributed by atoms with van der Waals surface area (Å²) in [5.41, 5.74) is 0.860. The van der Waals surface area contributed by atoms with E-state index in [0.717, 1.165) is 25.1 Å². The average molecular weight is 262 g/mol. The van der Waals surface area contributed by atoms with Crippen LogP contribution in [0, 0.1) is 16.7 Å². The van der Waals surface area contributed by atoms with Gasteiger partial charge in [-0.15, -0.1) is 0 Å². The lowest BCUT2D eigenvalue weighted by atomic mass is 9.83. The first-order valence-electron chi connectivity index (χ1n) is 6.64. The van der Waals surface area contributed by atoms with Gasteiger partial charge in [0.05, 0.1) is 6.61 Å². The highest BCUT2D eigenvalue weighted by Crippen LogP contribution is 2.27. The van der Waals surface area contributed by atoms with E-state index >= 15 is 0 Å². The van der Waals surface area contributed by atoms with E-state index in [4.69, 9.17) is 10.00 Å². The number of hydrogen-bond donors (Lipinski definition) is 2. The molecule has 4 nitrogen and oxygen atoms in total. The van der Waals surface area contributed by atoms with Gasteiger partial charge in [-0.05, 0) is 25.0 Å². The first kappa shape index (κ1) is 15.3. The van der Waals surface area contributed by atoms with Gasteiger partial charge in [-0.2, -0.15) is 5.26 Å². The van der Waals surface area contributed by atoms with Crippen LogP contribution in [0.15, 0.2) is 24.3 Å². The zero-order chi connectivity index (χ0) is 14.1. The van der Waals surface area contributed by atoms with Crippen LogP contribution in [0.5, 0.6) is 5.75 Å². The molecule has 0 fully saturated rings. The number of benzene rings is 1. The molecule has 0 saturated carbocycles. The van der Waals surface area contributed by atoms with Crippen LogP contribution < -0.4 is 10.1 Å². The number of nitrogens with one attached hydrogen (secondary N) is 1. The fourth-order valence-electron chi connectivity index (χ4n) is 1.88. The molecule has 1 aromatic rings. The predicted molar refractivity (Wildman–Crippen MR) is 76.1 cm³/mol. The van der Waals surface area contributed by atoms with Crippen molar-refractivity contribution in [3.63, 3.8) is 0 Å². The zero-order valence-electron chi connectivity index (χ0n) is 11.6. The molecule has 104 valence electrons. The molecule has 2 N–H and O–H groups in total. The van der Waals surface area contributed by atoms with Crippen LogP contribution in [0.2, 0.25) is 0 Å². The van der Waals surface area contributed by atoms with Gasteiger partial charge < -0.3 is 15.2 Å². The van der Waals surface area contributed by atoms with E-state index in [-0.39, 0.29) is 18.6 Å². The second kappa shape index (κ2) is 7.65. The maximum absolute atomic E-state index is 9.52. The van der Waals surface area contributed by atoms with Crippen molar-refractivity contribution in [2.45, 2.75) is 26.7 Å². The third kappa shape index (κ3) is 4.46. The number of anilines is 1. The van der Waals surface area contributed by atoms with Gasteiger partial charge in [0.1, 0.15) is 11.8 Å². The van der Waals surface area contributed by atoms with E-state index in [1.54, 1.807) is 0 Å². The van der Waals surface area contributed by atoms with Crippen molar-refractivity contribution < 1.29 is 9.84 Å². The molecule has 0 spiro atoms.